The SMILES string of the molecule is COc1ccc(NC(=O)CSc2nc(-c3ccncc3)nn2CC(=O)Nc2cccc(Cl)c2C)cc1. The minimum atomic E-state index is -0.295. The molecule has 0 aliphatic heterocycles. The van der Waals surface area contributed by atoms with Crippen molar-refractivity contribution in [2.75, 3.05) is 23.5 Å². The Balaban J connectivity index is 1.48. The van der Waals surface area contributed by atoms with E-state index in [1.54, 1.807) is 74.1 Å². The monoisotopic (exact) mass is 522 g/mol. The van der Waals surface area contributed by atoms with E-state index in [1.807, 2.05) is 6.92 Å². The molecule has 2 amide bonds. The molecule has 2 aromatic heterocycles. The lowest BCUT2D eigenvalue weighted by Crippen LogP contribution is -2.21. The van der Waals surface area contributed by atoms with Crippen LogP contribution in [0.25, 0.3) is 11.4 Å². The zero-order valence-corrected chi connectivity index (χ0v) is 21.1. The number of rotatable bonds is 9. The highest BCUT2D eigenvalue weighted by Crippen LogP contribution is 2.24. The molecule has 4 rings (SSSR count). The first-order chi connectivity index (χ1) is 17.4. The van der Waals surface area contributed by atoms with Crippen LogP contribution in [0.15, 0.2) is 72.1 Å². The van der Waals surface area contributed by atoms with Crippen LogP contribution in [0.3, 0.4) is 0 Å². The molecule has 0 fully saturated rings. The molecule has 2 heterocycles. The first kappa shape index (κ1) is 25.2. The maximum absolute atomic E-state index is 12.8. The van der Waals surface area contributed by atoms with Gasteiger partial charge in [0.15, 0.2) is 11.0 Å². The number of anilines is 2. The number of nitrogens with one attached hydrogen (secondary N) is 2. The van der Waals surface area contributed by atoms with Crippen molar-refractivity contribution in [2.24, 2.45) is 0 Å². The number of benzene rings is 2. The Morgan fingerprint density at radius 1 is 1.03 bits per heavy atom. The fraction of sp³-hybridized carbons (Fsp3) is 0.160. The first-order valence-electron chi connectivity index (χ1n) is 10.9. The third kappa shape index (κ3) is 6.41. The topological polar surface area (TPSA) is 111 Å². The second-order valence-corrected chi connectivity index (χ2v) is 8.99. The molecule has 0 bridgehead atoms. The molecule has 0 saturated carbocycles. The van der Waals surface area contributed by atoms with Crippen molar-refractivity contribution in [3.05, 3.63) is 77.6 Å². The van der Waals surface area contributed by atoms with Crippen LogP contribution in [0.1, 0.15) is 5.56 Å². The van der Waals surface area contributed by atoms with E-state index in [1.165, 1.54) is 16.4 Å². The second-order valence-electron chi connectivity index (χ2n) is 7.64. The maximum Gasteiger partial charge on any atom is 0.246 e. The average Bonchev–Trinajstić information content (AvgIpc) is 3.29. The van der Waals surface area contributed by atoms with Gasteiger partial charge in [0.05, 0.1) is 12.9 Å². The van der Waals surface area contributed by atoms with E-state index in [-0.39, 0.29) is 24.1 Å². The van der Waals surface area contributed by atoms with E-state index < -0.39 is 0 Å². The Kier molecular flexibility index (Phi) is 8.19. The molecule has 9 nitrogen and oxygen atoms in total. The predicted molar refractivity (Wildman–Crippen MR) is 140 cm³/mol. The summed E-state index contributed by atoms with van der Waals surface area (Å²) in [6.07, 6.45) is 3.28. The summed E-state index contributed by atoms with van der Waals surface area (Å²) in [5, 5.41) is 11.2. The summed E-state index contributed by atoms with van der Waals surface area (Å²) >= 11 is 7.35. The van der Waals surface area contributed by atoms with E-state index in [0.29, 0.717) is 33.1 Å². The van der Waals surface area contributed by atoms with Crippen molar-refractivity contribution in [1.29, 1.82) is 0 Å². The molecule has 2 N–H and O–H groups in total. The van der Waals surface area contributed by atoms with E-state index in [4.69, 9.17) is 16.3 Å². The number of carbonyl (C=O) groups is 2. The lowest BCUT2D eigenvalue weighted by Gasteiger charge is -2.10. The Morgan fingerprint density at radius 2 is 1.78 bits per heavy atom. The number of methoxy groups -OCH3 is 1. The summed E-state index contributed by atoms with van der Waals surface area (Å²) in [5.41, 5.74) is 2.79. The van der Waals surface area contributed by atoms with Gasteiger partial charge in [-0.1, -0.05) is 29.4 Å². The van der Waals surface area contributed by atoms with Crippen LogP contribution in [-0.4, -0.2) is 44.4 Å². The van der Waals surface area contributed by atoms with Gasteiger partial charge in [-0.3, -0.25) is 14.6 Å². The fourth-order valence-electron chi connectivity index (χ4n) is 3.23. The van der Waals surface area contributed by atoms with Gasteiger partial charge in [-0.2, -0.15) is 0 Å². The molecule has 36 heavy (non-hydrogen) atoms. The fourth-order valence-corrected chi connectivity index (χ4v) is 4.14. The van der Waals surface area contributed by atoms with Crippen LogP contribution < -0.4 is 15.4 Å². The molecule has 4 aromatic rings. The maximum atomic E-state index is 12.8. The third-order valence-corrected chi connectivity index (χ3v) is 6.49. The molecule has 0 radical (unpaired) electrons. The van der Waals surface area contributed by atoms with Crippen LogP contribution in [0.5, 0.6) is 5.75 Å². The molecular weight excluding hydrogens is 500 g/mol. The van der Waals surface area contributed by atoms with Gasteiger partial charge in [0.1, 0.15) is 12.3 Å². The molecule has 11 heteroatoms. The predicted octanol–water partition coefficient (Wildman–Crippen LogP) is 4.68. The molecule has 0 atom stereocenters. The third-order valence-electron chi connectivity index (χ3n) is 5.12. The number of amides is 2. The molecule has 0 saturated heterocycles. The number of ether oxygens (including phenoxy) is 1. The number of aromatic nitrogens is 4. The Morgan fingerprint density at radius 3 is 2.50 bits per heavy atom. The summed E-state index contributed by atoms with van der Waals surface area (Å²) in [4.78, 5) is 33.9. The Hall–Kier alpha value is -3.89. The standard InChI is InChI=1S/C25H23ClN6O3S/c1-16-20(26)4-3-5-21(16)29-22(33)14-32-25(30-24(31-32)17-10-12-27-13-11-17)36-15-23(34)28-18-6-8-19(35-2)9-7-18/h3-13H,14-15H2,1-2H3,(H,28,34)(H,29,33). The van der Waals surface area contributed by atoms with Crippen molar-refractivity contribution in [3.8, 4) is 17.1 Å². The smallest absolute Gasteiger partial charge is 0.246 e. The van der Waals surface area contributed by atoms with Crippen molar-refractivity contribution >= 4 is 46.6 Å². The van der Waals surface area contributed by atoms with Gasteiger partial charge in [-0.25, -0.2) is 9.67 Å². The van der Waals surface area contributed by atoms with Crippen molar-refractivity contribution < 1.29 is 14.3 Å². The molecular formula is C25H23ClN6O3S. The summed E-state index contributed by atoms with van der Waals surface area (Å²) in [5.74, 6) is 0.697. The number of hydrogen-bond donors (Lipinski definition) is 2. The zero-order chi connectivity index (χ0) is 25.5. The van der Waals surface area contributed by atoms with Crippen molar-refractivity contribution in [1.82, 2.24) is 19.7 Å². The highest BCUT2D eigenvalue weighted by Gasteiger charge is 2.17. The minimum Gasteiger partial charge on any atom is -0.497 e. The van der Waals surface area contributed by atoms with Gasteiger partial charge in [0, 0.05) is 34.4 Å². The average molecular weight is 523 g/mol. The van der Waals surface area contributed by atoms with Crippen LogP contribution in [-0.2, 0) is 16.1 Å². The van der Waals surface area contributed by atoms with Gasteiger partial charge in [0.2, 0.25) is 11.8 Å². The summed E-state index contributed by atoms with van der Waals surface area (Å²) in [6.45, 7) is 1.74. The number of halogens is 1. The highest BCUT2D eigenvalue weighted by molar-refractivity contribution is 7.99. The minimum absolute atomic E-state index is 0.0789. The van der Waals surface area contributed by atoms with Gasteiger partial charge < -0.3 is 15.4 Å². The second kappa shape index (κ2) is 11.7. The van der Waals surface area contributed by atoms with Crippen LogP contribution in [0, 0.1) is 6.92 Å². The number of thioether (sulfide) groups is 1. The van der Waals surface area contributed by atoms with E-state index in [9.17, 15) is 9.59 Å². The van der Waals surface area contributed by atoms with Crippen LogP contribution >= 0.6 is 23.4 Å². The largest absolute Gasteiger partial charge is 0.497 e. The van der Waals surface area contributed by atoms with Crippen molar-refractivity contribution in [2.45, 2.75) is 18.6 Å². The molecule has 0 unspecified atom stereocenters. The normalized spacial score (nSPS) is 10.6. The van der Waals surface area contributed by atoms with Gasteiger partial charge >= 0.3 is 0 Å². The van der Waals surface area contributed by atoms with Gasteiger partial charge in [0.25, 0.3) is 0 Å². The summed E-state index contributed by atoms with van der Waals surface area (Å²) in [6, 6.07) is 15.9. The van der Waals surface area contributed by atoms with Gasteiger partial charge in [-0.05, 0) is 61.0 Å². The quantitative estimate of drug-likeness (QED) is 0.307. The van der Waals surface area contributed by atoms with E-state index in [2.05, 4.69) is 25.7 Å². The van der Waals surface area contributed by atoms with E-state index in [0.717, 1.165) is 11.1 Å². The lowest BCUT2D eigenvalue weighted by molar-refractivity contribution is -0.117. The highest BCUT2D eigenvalue weighted by atomic mass is 35.5. The Bertz CT molecular complexity index is 1360. The number of hydrogen-bond acceptors (Lipinski definition) is 7. The molecule has 0 spiro atoms. The molecule has 0 aliphatic rings. The molecule has 0 aliphatic carbocycles. The number of nitrogens with zero attached hydrogens (tertiary/aromatic N) is 4. The van der Waals surface area contributed by atoms with Crippen LogP contribution in [0.4, 0.5) is 11.4 Å². The molecule has 184 valence electrons. The van der Waals surface area contributed by atoms with Crippen molar-refractivity contribution in [3.63, 3.8) is 0 Å². The number of carbonyl (C=O) groups excluding carboxylic acids is 2. The van der Waals surface area contributed by atoms with E-state index >= 15 is 0 Å². The van der Waals surface area contributed by atoms with Gasteiger partial charge in [-0.15, -0.1) is 5.10 Å². The zero-order valence-electron chi connectivity index (χ0n) is 19.6. The molecule has 2 aromatic carbocycles. The Labute approximate surface area is 217 Å². The summed E-state index contributed by atoms with van der Waals surface area (Å²) in [7, 11) is 1.58. The summed E-state index contributed by atoms with van der Waals surface area (Å²) < 4.78 is 6.62. The first-order valence-corrected chi connectivity index (χ1v) is 12.3. The lowest BCUT2D eigenvalue weighted by atomic mass is 10.2. The number of pyridine rings is 1. The van der Waals surface area contributed by atoms with Crippen LogP contribution in [0.2, 0.25) is 5.02 Å².